The van der Waals surface area contributed by atoms with Crippen molar-refractivity contribution < 1.29 is 17.9 Å². The third-order valence-electron chi connectivity index (χ3n) is 6.38. The molecule has 10 heteroatoms. The first-order valence-corrected chi connectivity index (χ1v) is 13.6. The summed E-state index contributed by atoms with van der Waals surface area (Å²) in [5.41, 5.74) is 3.49. The first-order valence-electron chi connectivity index (χ1n) is 12.0. The Hall–Kier alpha value is -3.57. The van der Waals surface area contributed by atoms with Crippen LogP contribution in [0.15, 0.2) is 71.6 Å². The zero-order valence-electron chi connectivity index (χ0n) is 20.6. The van der Waals surface area contributed by atoms with E-state index in [-0.39, 0.29) is 4.90 Å². The number of sulfonamides is 1. The number of hydrogen-bond donors (Lipinski definition) is 2. The van der Waals surface area contributed by atoms with Crippen LogP contribution in [0.5, 0.6) is 5.75 Å². The van der Waals surface area contributed by atoms with Gasteiger partial charge >= 0.3 is 0 Å². The Labute approximate surface area is 216 Å². The number of anilines is 1. The third kappa shape index (κ3) is 5.89. The maximum Gasteiger partial charge on any atom is 0.238 e. The number of ether oxygens (including phenoxy) is 2. The molecule has 9 nitrogen and oxygen atoms in total. The van der Waals surface area contributed by atoms with E-state index in [2.05, 4.69) is 10.2 Å². The van der Waals surface area contributed by atoms with Gasteiger partial charge < -0.3 is 14.8 Å². The number of fused-ring (bicyclic) bond motifs is 1. The average molecular weight is 520 g/mol. The van der Waals surface area contributed by atoms with Crippen molar-refractivity contribution in [2.24, 2.45) is 5.14 Å². The van der Waals surface area contributed by atoms with Gasteiger partial charge in [-0.05, 0) is 59.7 Å². The van der Waals surface area contributed by atoms with Gasteiger partial charge in [0.1, 0.15) is 11.6 Å². The normalized spacial score (nSPS) is 14.5. The number of morpholine rings is 1. The van der Waals surface area contributed by atoms with Gasteiger partial charge in [0.15, 0.2) is 5.82 Å². The molecule has 5 rings (SSSR count). The van der Waals surface area contributed by atoms with Crippen LogP contribution < -0.4 is 15.2 Å². The van der Waals surface area contributed by atoms with Gasteiger partial charge in [-0.1, -0.05) is 18.2 Å². The number of nitrogens with zero attached hydrogens (tertiary/aromatic N) is 3. The number of primary sulfonamides is 1. The molecule has 0 spiro atoms. The Morgan fingerprint density at radius 3 is 2.30 bits per heavy atom. The second-order valence-electron chi connectivity index (χ2n) is 8.81. The summed E-state index contributed by atoms with van der Waals surface area (Å²) in [7, 11) is -2.11. The molecule has 0 radical (unpaired) electrons. The van der Waals surface area contributed by atoms with Crippen LogP contribution in [0.1, 0.15) is 0 Å². The van der Waals surface area contributed by atoms with Gasteiger partial charge in [0.25, 0.3) is 0 Å². The van der Waals surface area contributed by atoms with E-state index in [0.29, 0.717) is 5.82 Å². The van der Waals surface area contributed by atoms with Crippen LogP contribution in [0, 0.1) is 0 Å². The fourth-order valence-corrected chi connectivity index (χ4v) is 4.82. The van der Waals surface area contributed by atoms with Gasteiger partial charge in [0.05, 0.1) is 30.7 Å². The number of benzene rings is 3. The maximum atomic E-state index is 11.6. The van der Waals surface area contributed by atoms with Gasteiger partial charge in [0, 0.05) is 37.1 Å². The zero-order chi connectivity index (χ0) is 25.8. The minimum Gasteiger partial charge on any atom is -0.497 e. The van der Waals surface area contributed by atoms with Crippen LogP contribution in [-0.4, -0.2) is 69.8 Å². The highest BCUT2D eigenvalue weighted by molar-refractivity contribution is 7.89. The number of nitrogens with two attached hydrogens (primary N) is 1. The smallest absolute Gasteiger partial charge is 0.238 e. The van der Waals surface area contributed by atoms with Crippen LogP contribution in [0.3, 0.4) is 0 Å². The van der Waals surface area contributed by atoms with Crippen molar-refractivity contribution >= 4 is 26.7 Å². The molecular formula is C27H29N5O4S. The highest BCUT2D eigenvalue weighted by atomic mass is 32.2. The van der Waals surface area contributed by atoms with Crippen LogP contribution in [0.4, 0.5) is 5.82 Å². The summed E-state index contributed by atoms with van der Waals surface area (Å²) in [6.07, 6.45) is 0. The number of aromatic nitrogens is 2. The Balaban J connectivity index is 1.50. The van der Waals surface area contributed by atoms with Crippen molar-refractivity contribution in [1.82, 2.24) is 14.9 Å². The Morgan fingerprint density at radius 1 is 0.946 bits per heavy atom. The molecule has 1 saturated heterocycles. The van der Waals surface area contributed by atoms with E-state index in [1.165, 1.54) is 12.1 Å². The Bertz CT molecular complexity index is 1490. The molecule has 0 unspecified atom stereocenters. The summed E-state index contributed by atoms with van der Waals surface area (Å²) in [5.74, 6) is 2.13. The van der Waals surface area contributed by atoms with Crippen molar-refractivity contribution in [3.05, 3.63) is 66.7 Å². The lowest BCUT2D eigenvalue weighted by atomic mass is 10.0. The third-order valence-corrected chi connectivity index (χ3v) is 7.31. The molecule has 1 aliphatic heterocycles. The van der Waals surface area contributed by atoms with Crippen molar-refractivity contribution in [1.29, 1.82) is 0 Å². The SMILES string of the molecule is COc1ccc(-c2nc(NCCN3CCOCC3)c3cc(-c4ccc(S(N)(=O)=O)cc4)ccc3n2)cc1. The van der Waals surface area contributed by atoms with E-state index in [9.17, 15) is 8.42 Å². The molecule has 4 aromatic rings. The Morgan fingerprint density at radius 2 is 1.62 bits per heavy atom. The summed E-state index contributed by atoms with van der Waals surface area (Å²) in [4.78, 5) is 12.2. The fourth-order valence-electron chi connectivity index (χ4n) is 4.31. The molecule has 3 aromatic carbocycles. The molecule has 1 fully saturated rings. The number of hydrogen-bond acceptors (Lipinski definition) is 8. The number of rotatable bonds is 8. The van der Waals surface area contributed by atoms with Crippen LogP contribution in [-0.2, 0) is 14.8 Å². The van der Waals surface area contributed by atoms with Crippen LogP contribution >= 0.6 is 0 Å². The Kier molecular flexibility index (Phi) is 7.33. The molecule has 0 amide bonds. The minimum atomic E-state index is -3.75. The molecular weight excluding hydrogens is 490 g/mol. The van der Waals surface area contributed by atoms with E-state index in [1.54, 1.807) is 19.2 Å². The molecule has 192 valence electrons. The second-order valence-corrected chi connectivity index (χ2v) is 10.4. The van der Waals surface area contributed by atoms with Crippen LogP contribution in [0.25, 0.3) is 33.4 Å². The lowest BCUT2D eigenvalue weighted by Crippen LogP contribution is -2.39. The quantitative estimate of drug-likeness (QED) is 0.364. The largest absolute Gasteiger partial charge is 0.497 e. The lowest BCUT2D eigenvalue weighted by Gasteiger charge is -2.26. The summed E-state index contributed by atoms with van der Waals surface area (Å²) in [5, 5.41) is 9.65. The predicted octanol–water partition coefficient (Wildman–Crippen LogP) is 3.36. The summed E-state index contributed by atoms with van der Waals surface area (Å²) in [6, 6.07) is 20.1. The molecule has 0 saturated carbocycles. The standard InChI is InChI=1S/C27H29N5O4S/c1-35-22-7-2-20(3-8-22)26-30-25-11-6-21(19-4-9-23(10-5-19)37(28,33)34)18-24(25)27(31-26)29-12-13-32-14-16-36-17-15-32/h2-11,18H,12-17H2,1H3,(H2,28,33,34)(H,29,30,31). The maximum absolute atomic E-state index is 11.6. The van der Waals surface area contributed by atoms with E-state index in [0.717, 1.165) is 78.6 Å². The van der Waals surface area contributed by atoms with E-state index in [4.69, 9.17) is 24.6 Å². The van der Waals surface area contributed by atoms with Gasteiger partial charge in [-0.15, -0.1) is 0 Å². The van der Waals surface area contributed by atoms with Gasteiger partial charge in [-0.3, -0.25) is 4.90 Å². The topological polar surface area (TPSA) is 120 Å². The van der Waals surface area contributed by atoms with Crippen molar-refractivity contribution in [3.63, 3.8) is 0 Å². The van der Waals surface area contributed by atoms with E-state index in [1.807, 2.05) is 42.5 Å². The first-order chi connectivity index (χ1) is 17.9. The summed E-state index contributed by atoms with van der Waals surface area (Å²) >= 11 is 0. The summed E-state index contributed by atoms with van der Waals surface area (Å²) < 4.78 is 34.0. The van der Waals surface area contributed by atoms with Gasteiger partial charge in [-0.25, -0.2) is 23.5 Å². The molecule has 3 N–H and O–H groups in total. The predicted molar refractivity (Wildman–Crippen MR) is 144 cm³/mol. The number of nitrogens with one attached hydrogen (secondary N) is 1. The first kappa shape index (κ1) is 25.1. The highest BCUT2D eigenvalue weighted by Gasteiger charge is 2.14. The van der Waals surface area contributed by atoms with Gasteiger partial charge in [0.2, 0.25) is 10.0 Å². The van der Waals surface area contributed by atoms with Crippen molar-refractivity contribution in [2.45, 2.75) is 4.90 Å². The van der Waals surface area contributed by atoms with Gasteiger partial charge in [-0.2, -0.15) is 0 Å². The molecule has 1 aliphatic rings. The second kappa shape index (κ2) is 10.8. The molecule has 2 heterocycles. The van der Waals surface area contributed by atoms with E-state index < -0.39 is 10.0 Å². The molecule has 0 atom stereocenters. The number of methoxy groups -OCH3 is 1. The molecule has 37 heavy (non-hydrogen) atoms. The lowest BCUT2D eigenvalue weighted by molar-refractivity contribution is 0.0398. The monoisotopic (exact) mass is 519 g/mol. The average Bonchev–Trinajstić information content (AvgIpc) is 2.93. The zero-order valence-corrected chi connectivity index (χ0v) is 21.4. The van der Waals surface area contributed by atoms with Crippen molar-refractivity contribution in [2.75, 3.05) is 51.8 Å². The minimum absolute atomic E-state index is 0.0787. The molecule has 0 bridgehead atoms. The van der Waals surface area contributed by atoms with Crippen molar-refractivity contribution in [3.8, 4) is 28.3 Å². The van der Waals surface area contributed by atoms with E-state index >= 15 is 0 Å². The summed E-state index contributed by atoms with van der Waals surface area (Å²) in [6.45, 7) is 4.95. The fraction of sp³-hybridized carbons (Fsp3) is 0.259. The van der Waals surface area contributed by atoms with Crippen LogP contribution in [0.2, 0.25) is 0 Å². The molecule has 0 aliphatic carbocycles. The highest BCUT2D eigenvalue weighted by Crippen LogP contribution is 2.30. The molecule has 1 aromatic heterocycles.